The predicted octanol–water partition coefficient (Wildman–Crippen LogP) is 4.27. The van der Waals surface area contributed by atoms with Gasteiger partial charge in [-0.1, -0.05) is 30.1 Å². The SMILES string of the molecule is CCc1c(NC)ncnc1Nc1cc(Cl)c(F)c(Cl)c1. The van der Waals surface area contributed by atoms with E-state index in [4.69, 9.17) is 23.2 Å². The maximum absolute atomic E-state index is 13.4. The molecule has 2 rings (SSSR count). The van der Waals surface area contributed by atoms with Crippen LogP contribution in [-0.2, 0) is 6.42 Å². The largest absolute Gasteiger partial charge is 0.373 e. The van der Waals surface area contributed by atoms with Crippen molar-refractivity contribution in [2.45, 2.75) is 13.3 Å². The number of halogens is 3. The predicted molar refractivity (Wildman–Crippen MR) is 80.7 cm³/mol. The molecule has 0 spiro atoms. The van der Waals surface area contributed by atoms with Gasteiger partial charge in [-0.3, -0.25) is 0 Å². The Morgan fingerprint density at radius 2 is 1.75 bits per heavy atom. The molecule has 1 aromatic carbocycles. The van der Waals surface area contributed by atoms with Crippen LogP contribution in [-0.4, -0.2) is 17.0 Å². The summed E-state index contributed by atoms with van der Waals surface area (Å²) in [6.45, 7) is 2.00. The van der Waals surface area contributed by atoms with Crippen LogP contribution in [0.1, 0.15) is 12.5 Å². The Morgan fingerprint density at radius 1 is 1.15 bits per heavy atom. The van der Waals surface area contributed by atoms with Gasteiger partial charge in [-0.05, 0) is 18.6 Å². The lowest BCUT2D eigenvalue weighted by Gasteiger charge is -2.13. The van der Waals surface area contributed by atoms with E-state index in [1.165, 1.54) is 18.5 Å². The lowest BCUT2D eigenvalue weighted by atomic mass is 10.2. The summed E-state index contributed by atoms with van der Waals surface area (Å²) >= 11 is 11.5. The Morgan fingerprint density at radius 3 is 2.30 bits per heavy atom. The second-order valence-corrected chi connectivity index (χ2v) is 4.85. The van der Waals surface area contributed by atoms with Gasteiger partial charge < -0.3 is 10.6 Å². The fourth-order valence-corrected chi connectivity index (χ4v) is 2.32. The molecule has 1 heterocycles. The van der Waals surface area contributed by atoms with Crippen molar-refractivity contribution in [1.29, 1.82) is 0 Å². The van der Waals surface area contributed by atoms with E-state index in [1.807, 2.05) is 6.92 Å². The molecule has 2 N–H and O–H groups in total. The number of aromatic nitrogens is 2. The molecule has 106 valence electrons. The summed E-state index contributed by atoms with van der Waals surface area (Å²) in [7, 11) is 1.79. The molecule has 0 bridgehead atoms. The molecule has 20 heavy (non-hydrogen) atoms. The van der Waals surface area contributed by atoms with Crippen molar-refractivity contribution in [2.24, 2.45) is 0 Å². The second kappa shape index (κ2) is 6.24. The molecule has 1 aromatic heterocycles. The first-order valence-corrected chi connectivity index (χ1v) is 6.75. The van der Waals surface area contributed by atoms with Crippen LogP contribution in [0.2, 0.25) is 10.0 Å². The van der Waals surface area contributed by atoms with E-state index in [0.717, 1.165) is 17.8 Å². The summed E-state index contributed by atoms with van der Waals surface area (Å²) < 4.78 is 13.4. The standard InChI is InChI=1S/C13H13Cl2FN4/c1-3-8-12(17-2)18-6-19-13(8)20-7-4-9(14)11(16)10(15)5-7/h4-6H,3H2,1-2H3,(H2,17,18,19,20). The Bertz CT molecular complexity index is 611. The normalized spacial score (nSPS) is 10.4. The first-order valence-electron chi connectivity index (χ1n) is 6.00. The smallest absolute Gasteiger partial charge is 0.160 e. The molecule has 0 fully saturated rings. The van der Waals surface area contributed by atoms with E-state index in [1.54, 1.807) is 7.05 Å². The van der Waals surface area contributed by atoms with Gasteiger partial charge in [-0.15, -0.1) is 0 Å². The molecular weight excluding hydrogens is 302 g/mol. The van der Waals surface area contributed by atoms with Gasteiger partial charge in [0.1, 0.15) is 18.0 Å². The van der Waals surface area contributed by atoms with Crippen LogP contribution < -0.4 is 10.6 Å². The van der Waals surface area contributed by atoms with Crippen LogP contribution in [0.5, 0.6) is 0 Å². The van der Waals surface area contributed by atoms with E-state index in [-0.39, 0.29) is 10.0 Å². The van der Waals surface area contributed by atoms with Crippen molar-refractivity contribution in [2.75, 3.05) is 17.7 Å². The summed E-state index contributed by atoms with van der Waals surface area (Å²) in [6, 6.07) is 2.92. The molecule has 0 saturated heterocycles. The molecule has 0 aliphatic rings. The number of hydrogen-bond acceptors (Lipinski definition) is 4. The van der Waals surface area contributed by atoms with Crippen molar-refractivity contribution in [3.05, 3.63) is 39.9 Å². The van der Waals surface area contributed by atoms with Crippen LogP contribution in [0.4, 0.5) is 21.7 Å². The van der Waals surface area contributed by atoms with Crippen LogP contribution >= 0.6 is 23.2 Å². The van der Waals surface area contributed by atoms with Crippen LogP contribution in [0.3, 0.4) is 0 Å². The zero-order valence-electron chi connectivity index (χ0n) is 11.0. The number of rotatable bonds is 4. The van der Waals surface area contributed by atoms with Gasteiger partial charge in [0.15, 0.2) is 5.82 Å². The zero-order valence-corrected chi connectivity index (χ0v) is 12.5. The van der Waals surface area contributed by atoms with Crippen LogP contribution in [0.15, 0.2) is 18.5 Å². The third-order valence-corrected chi connectivity index (χ3v) is 3.33. The summed E-state index contributed by atoms with van der Waals surface area (Å²) in [6.07, 6.45) is 2.18. The summed E-state index contributed by atoms with van der Waals surface area (Å²) in [4.78, 5) is 8.34. The molecule has 2 aromatic rings. The van der Waals surface area contributed by atoms with Crippen molar-refractivity contribution < 1.29 is 4.39 Å². The Kier molecular flexibility index (Phi) is 4.62. The molecule has 0 saturated carbocycles. The Hall–Kier alpha value is -1.59. The summed E-state index contributed by atoms with van der Waals surface area (Å²) in [5.74, 6) is 0.739. The molecular formula is C13H13Cl2FN4. The number of nitrogens with zero attached hydrogens (tertiary/aromatic N) is 2. The van der Waals surface area contributed by atoms with Gasteiger partial charge in [-0.25, -0.2) is 14.4 Å². The fraction of sp³-hybridized carbons (Fsp3) is 0.231. The highest BCUT2D eigenvalue weighted by Crippen LogP contribution is 2.30. The number of hydrogen-bond donors (Lipinski definition) is 2. The first kappa shape index (κ1) is 14.8. The number of benzene rings is 1. The highest BCUT2D eigenvalue weighted by Gasteiger charge is 2.12. The van der Waals surface area contributed by atoms with Crippen molar-refractivity contribution >= 4 is 40.5 Å². The monoisotopic (exact) mass is 314 g/mol. The zero-order chi connectivity index (χ0) is 14.7. The van der Waals surface area contributed by atoms with E-state index < -0.39 is 5.82 Å². The van der Waals surface area contributed by atoms with Gasteiger partial charge in [0, 0.05) is 18.3 Å². The van der Waals surface area contributed by atoms with Gasteiger partial charge in [0.25, 0.3) is 0 Å². The third-order valence-electron chi connectivity index (χ3n) is 2.78. The highest BCUT2D eigenvalue weighted by molar-refractivity contribution is 6.35. The molecule has 0 aliphatic heterocycles. The van der Waals surface area contributed by atoms with Gasteiger partial charge >= 0.3 is 0 Å². The van der Waals surface area contributed by atoms with Crippen molar-refractivity contribution in [1.82, 2.24) is 9.97 Å². The molecule has 0 radical (unpaired) electrons. The van der Waals surface area contributed by atoms with Gasteiger partial charge in [0.2, 0.25) is 0 Å². The van der Waals surface area contributed by atoms with Gasteiger partial charge in [-0.2, -0.15) is 0 Å². The minimum absolute atomic E-state index is 0.0408. The number of nitrogens with one attached hydrogen (secondary N) is 2. The maximum Gasteiger partial charge on any atom is 0.160 e. The van der Waals surface area contributed by atoms with Crippen molar-refractivity contribution in [3.63, 3.8) is 0 Å². The molecule has 4 nitrogen and oxygen atoms in total. The fourth-order valence-electron chi connectivity index (χ4n) is 1.83. The highest BCUT2D eigenvalue weighted by atomic mass is 35.5. The van der Waals surface area contributed by atoms with Crippen LogP contribution in [0.25, 0.3) is 0 Å². The van der Waals surface area contributed by atoms with E-state index in [2.05, 4.69) is 20.6 Å². The maximum atomic E-state index is 13.4. The van der Waals surface area contributed by atoms with Gasteiger partial charge in [0.05, 0.1) is 10.0 Å². The summed E-state index contributed by atoms with van der Waals surface area (Å²) in [5, 5.41) is 6.00. The topological polar surface area (TPSA) is 49.8 Å². The van der Waals surface area contributed by atoms with E-state index >= 15 is 0 Å². The average molecular weight is 315 g/mol. The first-order chi connectivity index (χ1) is 9.56. The summed E-state index contributed by atoms with van der Waals surface area (Å²) in [5.41, 5.74) is 1.49. The van der Waals surface area contributed by atoms with Crippen molar-refractivity contribution in [3.8, 4) is 0 Å². The molecule has 0 aliphatic carbocycles. The molecule has 0 amide bonds. The minimum Gasteiger partial charge on any atom is -0.373 e. The molecule has 0 atom stereocenters. The molecule has 0 unspecified atom stereocenters. The molecule has 7 heteroatoms. The third kappa shape index (κ3) is 2.94. The number of anilines is 3. The lowest BCUT2D eigenvalue weighted by Crippen LogP contribution is -2.05. The Balaban J connectivity index is 2.40. The average Bonchev–Trinajstić information content (AvgIpc) is 2.44. The van der Waals surface area contributed by atoms with Crippen LogP contribution in [0, 0.1) is 5.82 Å². The minimum atomic E-state index is -0.631. The van der Waals surface area contributed by atoms with E-state index in [0.29, 0.717) is 11.5 Å². The van der Waals surface area contributed by atoms with E-state index in [9.17, 15) is 4.39 Å². The lowest BCUT2D eigenvalue weighted by molar-refractivity contribution is 0.629. The second-order valence-electron chi connectivity index (χ2n) is 4.03. The Labute approximate surface area is 126 Å². The quantitative estimate of drug-likeness (QED) is 0.827.